The fourth-order valence-corrected chi connectivity index (χ4v) is 2.56. The first-order chi connectivity index (χ1) is 13.0. The summed E-state index contributed by atoms with van der Waals surface area (Å²) in [5, 5.41) is 6.19. The number of fused-ring (bicyclic) bond motifs is 1. The van der Waals surface area contributed by atoms with Gasteiger partial charge in [0.1, 0.15) is 17.5 Å². The van der Waals surface area contributed by atoms with Gasteiger partial charge < -0.3 is 10.6 Å². The van der Waals surface area contributed by atoms with E-state index >= 15 is 0 Å². The summed E-state index contributed by atoms with van der Waals surface area (Å²) in [6, 6.07) is 13.9. The number of rotatable bonds is 6. The molecule has 0 saturated heterocycles. The van der Waals surface area contributed by atoms with E-state index in [1.54, 1.807) is 6.07 Å². The van der Waals surface area contributed by atoms with Crippen LogP contribution >= 0.6 is 0 Å². The molecule has 0 atom stereocenters. The van der Waals surface area contributed by atoms with Crippen molar-refractivity contribution in [2.45, 2.75) is 12.8 Å². The highest BCUT2D eigenvalue weighted by atomic mass is 19.1. The number of nitrogens with one attached hydrogen (secondary N) is 2. The fourth-order valence-electron chi connectivity index (χ4n) is 2.56. The molecule has 138 valence electrons. The van der Waals surface area contributed by atoms with Crippen LogP contribution in [0.1, 0.15) is 23.2 Å². The number of pyridine rings is 1. The van der Waals surface area contributed by atoms with Gasteiger partial charge in [0, 0.05) is 24.4 Å². The van der Waals surface area contributed by atoms with Gasteiger partial charge in [0.05, 0.1) is 11.1 Å². The molecular weight excluding hydrogens is 352 g/mol. The number of hydrogen-bond acceptors (Lipinski definition) is 3. The van der Waals surface area contributed by atoms with E-state index in [4.69, 9.17) is 0 Å². The summed E-state index contributed by atoms with van der Waals surface area (Å²) in [4.78, 5) is 28.2. The highest BCUT2D eigenvalue weighted by Crippen LogP contribution is 2.14. The fraction of sp³-hybridized carbons (Fsp3) is 0.150. The molecule has 0 aliphatic rings. The predicted molar refractivity (Wildman–Crippen MR) is 98.3 cm³/mol. The number of para-hydroxylation sites is 1. The van der Waals surface area contributed by atoms with Crippen LogP contribution in [0.25, 0.3) is 10.9 Å². The summed E-state index contributed by atoms with van der Waals surface area (Å²) in [7, 11) is 0. The Labute approximate surface area is 154 Å². The molecule has 0 spiro atoms. The molecule has 0 radical (unpaired) electrons. The normalized spacial score (nSPS) is 10.6. The molecule has 0 saturated carbocycles. The maximum Gasteiger partial charge on any atom is 0.254 e. The van der Waals surface area contributed by atoms with E-state index in [0.29, 0.717) is 18.3 Å². The molecule has 7 heteroatoms. The van der Waals surface area contributed by atoms with E-state index in [2.05, 4.69) is 15.6 Å². The monoisotopic (exact) mass is 369 g/mol. The minimum atomic E-state index is -0.923. The first-order valence-electron chi connectivity index (χ1n) is 8.42. The van der Waals surface area contributed by atoms with Crippen LogP contribution in [0, 0.1) is 11.6 Å². The molecule has 1 heterocycles. The standard InChI is InChI=1S/C20H17F2N3O2/c21-14-8-9-15(16(22)12-14)20(27)23-11-3-6-19(26)25-18-10-7-13-4-1-2-5-17(13)24-18/h1-2,4-5,7-10,12H,3,6,11H2,(H,23,27)(H,24,25,26). The van der Waals surface area contributed by atoms with Gasteiger partial charge in [0.2, 0.25) is 5.91 Å². The SMILES string of the molecule is O=C(CCCNC(=O)c1ccc(F)cc1F)Nc1ccc2ccccc2n1. The second kappa shape index (κ2) is 8.35. The van der Waals surface area contributed by atoms with E-state index in [0.717, 1.165) is 23.0 Å². The van der Waals surface area contributed by atoms with Gasteiger partial charge in [-0.25, -0.2) is 13.8 Å². The van der Waals surface area contributed by atoms with E-state index < -0.39 is 17.5 Å². The molecule has 27 heavy (non-hydrogen) atoms. The largest absolute Gasteiger partial charge is 0.352 e. The molecule has 0 fully saturated rings. The first kappa shape index (κ1) is 18.4. The van der Waals surface area contributed by atoms with Gasteiger partial charge in [-0.3, -0.25) is 9.59 Å². The average molecular weight is 369 g/mol. The molecule has 3 aromatic rings. The van der Waals surface area contributed by atoms with Crippen LogP contribution in [-0.2, 0) is 4.79 Å². The van der Waals surface area contributed by atoms with Crippen LogP contribution in [0.4, 0.5) is 14.6 Å². The summed E-state index contributed by atoms with van der Waals surface area (Å²) in [5.41, 5.74) is 0.546. The van der Waals surface area contributed by atoms with Crippen molar-refractivity contribution in [3.8, 4) is 0 Å². The van der Waals surface area contributed by atoms with E-state index in [1.165, 1.54) is 0 Å². The minimum absolute atomic E-state index is 0.167. The summed E-state index contributed by atoms with van der Waals surface area (Å²) in [6.07, 6.45) is 0.536. The topological polar surface area (TPSA) is 71.1 Å². The summed E-state index contributed by atoms with van der Waals surface area (Å²) in [5.74, 6) is -2.10. The van der Waals surface area contributed by atoms with Gasteiger partial charge in [0.15, 0.2) is 0 Å². The van der Waals surface area contributed by atoms with Crippen LogP contribution in [0.5, 0.6) is 0 Å². The molecule has 2 N–H and O–H groups in total. The molecule has 2 amide bonds. The summed E-state index contributed by atoms with van der Waals surface area (Å²) in [6.45, 7) is 0.189. The highest BCUT2D eigenvalue weighted by Gasteiger charge is 2.12. The number of amides is 2. The lowest BCUT2D eigenvalue weighted by Gasteiger charge is -2.07. The number of carbonyl (C=O) groups excluding carboxylic acids is 2. The maximum absolute atomic E-state index is 13.5. The molecule has 0 bridgehead atoms. The number of carbonyl (C=O) groups is 2. The van der Waals surface area contributed by atoms with Crippen molar-refractivity contribution in [1.29, 1.82) is 0 Å². The van der Waals surface area contributed by atoms with Gasteiger partial charge in [-0.2, -0.15) is 0 Å². The van der Waals surface area contributed by atoms with Crippen LogP contribution in [0.3, 0.4) is 0 Å². The lowest BCUT2D eigenvalue weighted by molar-refractivity contribution is -0.116. The van der Waals surface area contributed by atoms with Gasteiger partial charge in [0.25, 0.3) is 5.91 Å². The zero-order chi connectivity index (χ0) is 19.2. The van der Waals surface area contributed by atoms with Gasteiger partial charge in [-0.1, -0.05) is 18.2 Å². The maximum atomic E-state index is 13.5. The molecule has 0 aliphatic carbocycles. The second-order valence-electron chi connectivity index (χ2n) is 5.92. The van der Waals surface area contributed by atoms with Crippen molar-refractivity contribution in [3.63, 3.8) is 0 Å². The Bertz CT molecular complexity index is 992. The van der Waals surface area contributed by atoms with Crippen molar-refractivity contribution in [2.75, 3.05) is 11.9 Å². The number of halogens is 2. The minimum Gasteiger partial charge on any atom is -0.352 e. The van der Waals surface area contributed by atoms with Gasteiger partial charge in [-0.05, 0) is 36.8 Å². The Morgan fingerprint density at radius 1 is 1.00 bits per heavy atom. The Hall–Kier alpha value is -3.35. The number of hydrogen-bond donors (Lipinski definition) is 2. The van der Waals surface area contributed by atoms with Crippen molar-refractivity contribution in [1.82, 2.24) is 10.3 Å². The lowest BCUT2D eigenvalue weighted by atomic mass is 10.2. The highest BCUT2D eigenvalue weighted by molar-refractivity contribution is 5.94. The molecule has 3 rings (SSSR count). The second-order valence-corrected chi connectivity index (χ2v) is 5.92. The molecular formula is C20H17F2N3O2. The van der Waals surface area contributed by atoms with E-state index in [9.17, 15) is 18.4 Å². The zero-order valence-corrected chi connectivity index (χ0v) is 14.3. The summed E-state index contributed by atoms with van der Waals surface area (Å²) >= 11 is 0. The summed E-state index contributed by atoms with van der Waals surface area (Å²) < 4.78 is 26.4. The Morgan fingerprint density at radius 2 is 1.81 bits per heavy atom. The Kier molecular flexibility index (Phi) is 5.71. The molecule has 1 aromatic heterocycles. The third kappa shape index (κ3) is 4.84. The van der Waals surface area contributed by atoms with Crippen molar-refractivity contribution >= 4 is 28.5 Å². The lowest BCUT2D eigenvalue weighted by Crippen LogP contribution is -2.26. The number of nitrogens with zero attached hydrogens (tertiary/aromatic N) is 1. The smallest absolute Gasteiger partial charge is 0.254 e. The predicted octanol–water partition coefficient (Wildman–Crippen LogP) is 3.66. The molecule has 0 aliphatic heterocycles. The Morgan fingerprint density at radius 3 is 2.63 bits per heavy atom. The van der Waals surface area contributed by atoms with Gasteiger partial charge in [-0.15, -0.1) is 0 Å². The van der Waals surface area contributed by atoms with Crippen molar-refractivity contribution < 1.29 is 18.4 Å². The van der Waals surface area contributed by atoms with Crippen molar-refractivity contribution in [2.24, 2.45) is 0 Å². The average Bonchev–Trinajstić information content (AvgIpc) is 2.65. The van der Waals surface area contributed by atoms with Crippen molar-refractivity contribution in [3.05, 3.63) is 71.8 Å². The molecule has 5 nitrogen and oxygen atoms in total. The third-order valence-corrected chi connectivity index (χ3v) is 3.91. The van der Waals surface area contributed by atoms with E-state index in [1.807, 2.05) is 30.3 Å². The molecule has 2 aromatic carbocycles. The van der Waals surface area contributed by atoms with Crippen LogP contribution in [-0.4, -0.2) is 23.3 Å². The van der Waals surface area contributed by atoms with Crippen LogP contribution in [0.2, 0.25) is 0 Å². The van der Waals surface area contributed by atoms with E-state index in [-0.39, 0.29) is 24.4 Å². The van der Waals surface area contributed by atoms with Crippen LogP contribution in [0.15, 0.2) is 54.6 Å². The Balaban J connectivity index is 1.45. The quantitative estimate of drug-likeness (QED) is 0.652. The third-order valence-electron chi connectivity index (χ3n) is 3.91. The number of anilines is 1. The van der Waals surface area contributed by atoms with Crippen LogP contribution < -0.4 is 10.6 Å². The number of aromatic nitrogens is 1. The molecule has 0 unspecified atom stereocenters. The first-order valence-corrected chi connectivity index (χ1v) is 8.42. The number of benzene rings is 2. The zero-order valence-electron chi connectivity index (χ0n) is 14.3. The van der Waals surface area contributed by atoms with Gasteiger partial charge >= 0.3 is 0 Å².